The summed E-state index contributed by atoms with van der Waals surface area (Å²) in [6.45, 7) is 2.32. The van der Waals surface area contributed by atoms with Crippen molar-refractivity contribution in [2.75, 3.05) is 26.3 Å². The maximum absolute atomic E-state index is 12.8. The number of ether oxygens (including phenoxy) is 1. The van der Waals surface area contributed by atoms with Crippen LogP contribution in [0.25, 0.3) is 32.9 Å². The van der Waals surface area contributed by atoms with Crippen LogP contribution in [0.3, 0.4) is 0 Å². The number of morpholine rings is 1. The normalized spacial score (nSPS) is 14.6. The molecular weight excluding hydrogens is 386 g/mol. The summed E-state index contributed by atoms with van der Waals surface area (Å²) >= 11 is 1.60. The molecule has 1 saturated heterocycles. The van der Waals surface area contributed by atoms with Gasteiger partial charge in [0.25, 0.3) is 11.8 Å². The number of thiophene rings is 1. The number of hydrogen-bond donors (Lipinski definition) is 2. The molecule has 7 heteroatoms. The summed E-state index contributed by atoms with van der Waals surface area (Å²) in [5.74, 6) is -0.494. The van der Waals surface area contributed by atoms with E-state index < -0.39 is 5.91 Å². The number of nitrogens with zero attached hydrogens (tertiary/aromatic N) is 1. The van der Waals surface area contributed by atoms with Crippen LogP contribution in [0, 0.1) is 0 Å². The fourth-order valence-electron chi connectivity index (χ4n) is 3.88. The van der Waals surface area contributed by atoms with Gasteiger partial charge in [0.2, 0.25) is 0 Å². The van der Waals surface area contributed by atoms with E-state index in [1.54, 1.807) is 16.2 Å². The number of fused-ring (bicyclic) bond motifs is 3. The Morgan fingerprint density at radius 2 is 1.86 bits per heavy atom. The van der Waals surface area contributed by atoms with Gasteiger partial charge in [-0.1, -0.05) is 6.07 Å². The fraction of sp³-hybridized carbons (Fsp3) is 0.182. The number of aromatic nitrogens is 1. The van der Waals surface area contributed by atoms with Gasteiger partial charge in [-0.15, -0.1) is 0 Å². The molecule has 4 aromatic rings. The molecule has 0 atom stereocenters. The van der Waals surface area contributed by atoms with Crippen LogP contribution in [0.1, 0.15) is 20.7 Å². The average Bonchev–Trinajstić information content (AvgIpc) is 3.40. The van der Waals surface area contributed by atoms with E-state index in [9.17, 15) is 9.59 Å². The number of nitrogens with two attached hydrogens (primary N) is 1. The monoisotopic (exact) mass is 405 g/mol. The number of carbonyl (C=O) groups is 2. The van der Waals surface area contributed by atoms with Crippen molar-refractivity contribution in [2.24, 2.45) is 5.73 Å². The molecule has 1 fully saturated rings. The highest BCUT2D eigenvalue weighted by Gasteiger charge is 2.20. The van der Waals surface area contributed by atoms with Gasteiger partial charge in [-0.05, 0) is 52.2 Å². The first kappa shape index (κ1) is 17.9. The van der Waals surface area contributed by atoms with E-state index in [0.29, 0.717) is 42.9 Å². The van der Waals surface area contributed by atoms with Crippen LogP contribution < -0.4 is 5.73 Å². The molecule has 0 aliphatic carbocycles. The Kier molecular flexibility index (Phi) is 4.34. The number of carbonyl (C=O) groups excluding carboxylic acids is 2. The molecular formula is C22H19N3O3S. The molecule has 3 heterocycles. The van der Waals surface area contributed by atoms with Crippen molar-refractivity contribution in [3.63, 3.8) is 0 Å². The van der Waals surface area contributed by atoms with Crippen LogP contribution in [-0.4, -0.2) is 48.0 Å². The summed E-state index contributed by atoms with van der Waals surface area (Å²) in [7, 11) is 0. The maximum atomic E-state index is 12.8. The van der Waals surface area contributed by atoms with E-state index in [1.165, 1.54) is 0 Å². The molecule has 29 heavy (non-hydrogen) atoms. The van der Waals surface area contributed by atoms with Gasteiger partial charge in [-0.2, -0.15) is 11.3 Å². The van der Waals surface area contributed by atoms with Gasteiger partial charge in [-0.25, -0.2) is 0 Å². The third kappa shape index (κ3) is 3.08. The zero-order valence-electron chi connectivity index (χ0n) is 15.6. The van der Waals surface area contributed by atoms with E-state index >= 15 is 0 Å². The number of primary amides is 1. The summed E-state index contributed by atoms with van der Waals surface area (Å²) < 4.78 is 5.33. The van der Waals surface area contributed by atoms with Gasteiger partial charge < -0.3 is 20.4 Å². The van der Waals surface area contributed by atoms with E-state index in [-0.39, 0.29) is 5.91 Å². The van der Waals surface area contributed by atoms with E-state index in [0.717, 1.165) is 27.4 Å². The fourth-order valence-corrected chi connectivity index (χ4v) is 4.54. The van der Waals surface area contributed by atoms with Gasteiger partial charge in [-0.3, -0.25) is 9.59 Å². The number of aromatic amines is 1. The molecule has 2 aromatic carbocycles. The van der Waals surface area contributed by atoms with E-state index in [1.807, 2.05) is 41.1 Å². The first-order valence-electron chi connectivity index (χ1n) is 9.41. The van der Waals surface area contributed by atoms with Crippen molar-refractivity contribution in [3.8, 4) is 11.1 Å². The number of rotatable bonds is 3. The van der Waals surface area contributed by atoms with Crippen LogP contribution in [0.4, 0.5) is 0 Å². The van der Waals surface area contributed by atoms with Crippen LogP contribution in [0.15, 0.2) is 47.2 Å². The minimum absolute atomic E-state index is 0.0112. The quantitative estimate of drug-likeness (QED) is 0.546. The van der Waals surface area contributed by atoms with Gasteiger partial charge in [0.1, 0.15) is 0 Å². The Labute approximate surface area is 170 Å². The standard InChI is InChI=1S/C22H19N3O3S/c23-21(26)18-10-15(14-3-8-29-12-14)9-17-16-2-1-13(11-19(16)24-20(17)18)22(27)25-4-6-28-7-5-25/h1-3,8-12,24H,4-7H2,(H2,23,26). The lowest BCUT2D eigenvalue weighted by atomic mass is 10.0. The first-order chi connectivity index (χ1) is 14.1. The molecule has 6 nitrogen and oxygen atoms in total. The van der Waals surface area contributed by atoms with Gasteiger partial charge >= 0.3 is 0 Å². The van der Waals surface area contributed by atoms with Crippen LogP contribution in [0.5, 0.6) is 0 Å². The van der Waals surface area contributed by atoms with Crippen LogP contribution >= 0.6 is 11.3 Å². The third-order valence-corrected chi connectivity index (χ3v) is 6.06. The Balaban J connectivity index is 1.65. The molecule has 1 aliphatic rings. The molecule has 0 unspecified atom stereocenters. The van der Waals surface area contributed by atoms with E-state index in [4.69, 9.17) is 10.5 Å². The lowest BCUT2D eigenvalue weighted by molar-refractivity contribution is 0.0303. The molecule has 0 saturated carbocycles. The van der Waals surface area contributed by atoms with Crippen molar-refractivity contribution in [1.82, 2.24) is 9.88 Å². The van der Waals surface area contributed by atoms with E-state index in [2.05, 4.69) is 11.1 Å². The van der Waals surface area contributed by atoms with Gasteiger partial charge in [0, 0.05) is 34.9 Å². The molecule has 0 radical (unpaired) electrons. The van der Waals surface area contributed by atoms with Crippen molar-refractivity contribution >= 4 is 45.0 Å². The SMILES string of the molecule is NC(=O)c1cc(-c2ccsc2)cc2c1[nH]c1cc(C(=O)N3CCOCC3)ccc12. The highest BCUT2D eigenvalue weighted by molar-refractivity contribution is 7.08. The predicted octanol–water partition coefficient (Wildman–Crippen LogP) is 3.62. The minimum Gasteiger partial charge on any atom is -0.378 e. The Hall–Kier alpha value is -3.16. The second-order valence-electron chi connectivity index (χ2n) is 7.11. The highest BCUT2D eigenvalue weighted by atomic mass is 32.1. The van der Waals surface area contributed by atoms with Crippen molar-refractivity contribution in [3.05, 3.63) is 58.3 Å². The van der Waals surface area contributed by atoms with Crippen molar-refractivity contribution < 1.29 is 14.3 Å². The van der Waals surface area contributed by atoms with Crippen LogP contribution in [-0.2, 0) is 4.74 Å². The molecule has 0 bridgehead atoms. The van der Waals surface area contributed by atoms with Gasteiger partial charge in [0.05, 0.1) is 24.3 Å². The number of H-pyrrole nitrogens is 1. The number of benzene rings is 2. The highest BCUT2D eigenvalue weighted by Crippen LogP contribution is 2.34. The zero-order valence-corrected chi connectivity index (χ0v) is 16.4. The van der Waals surface area contributed by atoms with Crippen LogP contribution in [0.2, 0.25) is 0 Å². The second kappa shape index (κ2) is 7.02. The minimum atomic E-state index is -0.483. The molecule has 1 aliphatic heterocycles. The zero-order chi connectivity index (χ0) is 20.0. The maximum Gasteiger partial charge on any atom is 0.254 e. The van der Waals surface area contributed by atoms with Crippen molar-refractivity contribution in [1.29, 1.82) is 0 Å². The molecule has 5 rings (SSSR count). The summed E-state index contributed by atoms with van der Waals surface area (Å²) in [5.41, 5.74) is 10.2. The lowest BCUT2D eigenvalue weighted by Gasteiger charge is -2.26. The summed E-state index contributed by atoms with van der Waals surface area (Å²) in [4.78, 5) is 30.1. The molecule has 3 N–H and O–H groups in total. The lowest BCUT2D eigenvalue weighted by Crippen LogP contribution is -2.40. The topological polar surface area (TPSA) is 88.4 Å². The third-order valence-electron chi connectivity index (χ3n) is 5.37. The molecule has 0 spiro atoms. The largest absolute Gasteiger partial charge is 0.378 e. The smallest absolute Gasteiger partial charge is 0.254 e. The Morgan fingerprint density at radius 1 is 1.03 bits per heavy atom. The van der Waals surface area contributed by atoms with Gasteiger partial charge in [0.15, 0.2) is 0 Å². The molecule has 2 aromatic heterocycles. The first-order valence-corrected chi connectivity index (χ1v) is 10.3. The number of hydrogen-bond acceptors (Lipinski definition) is 4. The summed E-state index contributed by atoms with van der Waals surface area (Å²) in [5, 5.41) is 5.92. The second-order valence-corrected chi connectivity index (χ2v) is 7.89. The Morgan fingerprint density at radius 3 is 2.59 bits per heavy atom. The average molecular weight is 405 g/mol. The number of amides is 2. The summed E-state index contributed by atoms with van der Waals surface area (Å²) in [6.07, 6.45) is 0. The van der Waals surface area contributed by atoms with Crippen molar-refractivity contribution in [2.45, 2.75) is 0 Å². The Bertz CT molecular complexity index is 1240. The summed E-state index contributed by atoms with van der Waals surface area (Å²) in [6, 6.07) is 11.5. The number of nitrogens with one attached hydrogen (secondary N) is 1. The molecule has 2 amide bonds. The molecule has 146 valence electrons. The predicted molar refractivity (Wildman–Crippen MR) is 114 cm³/mol.